The molecule has 1 aliphatic rings. The summed E-state index contributed by atoms with van der Waals surface area (Å²) >= 11 is 1.87. The van der Waals surface area contributed by atoms with Crippen LogP contribution in [-0.2, 0) is 11.2 Å². The van der Waals surface area contributed by atoms with Gasteiger partial charge in [0.25, 0.3) is 0 Å². The van der Waals surface area contributed by atoms with Gasteiger partial charge in [-0.25, -0.2) is 0 Å². The number of hydrogen-bond donors (Lipinski definition) is 2. The van der Waals surface area contributed by atoms with E-state index in [0.717, 1.165) is 57.5 Å². The van der Waals surface area contributed by atoms with Crippen LogP contribution in [0.1, 0.15) is 21.4 Å². The highest BCUT2D eigenvalue weighted by atomic mass is 127. The molecule has 2 N–H and O–H groups in total. The number of rotatable bonds is 8. The van der Waals surface area contributed by atoms with Crippen molar-refractivity contribution in [1.29, 1.82) is 0 Å². The van der Waals surface area contributed by atoms with E-state index >= 15 is 0 Å². The normalized spacial score (nSPS) is 15.9. The molecule has 0 bridgehead atoms. The molecular weight excluding hydrogens is 511 g/mol. The highest BCUT2D eigenvalue weighted by molar-refractivity contribution is 14.0. The van der Waals surface area contributed by atoms with E-state index in [2.05, 4.69) is 45.6 Å². The van der Waals surface area contributed by atoms with Crippen molar-refractivity contribution in [3.05, 3.63) is 51.7 Å². The van der Waals surface area contributed by atoms with Gasteiger partial charge in [-0.1, -0.05) is 18.2 Å². The Morgan fingerprint density at radius 1 is 1.20 bits per heavy atom. The highest BCUT2D eigenvalue weighted by Crippen LogP contribution is 2.27. The molecule has 0 amide bonds. The molecule has 6 nitrogen and oxygen atoms in total. The third-order valence-corrected chi connectivity index (χ3v) is 6.24. The van der Waals surface area contributed by atoms with Gasteiger partial charge in [-0.3, -0.25) is 9.89 Å². The van der Waals surface area contributed by atoms with Crippen LogP contribution in [0, 0.1) is 6.92 Å². The number of thiophene rings is 1. The van der Waals surface area contributed by atoms with Crippen LogP contribution in [0.4, 0.5) is 0 Å². The molecule has 1 unspecified atom stereocenters. The maximum Gasteiger partial charge on any atom is 0.191 e. The first-order chi connectivity index (χ1) is 14.2. The van der Waals surface area contributed by atoms with Gasteiger partial charge in [0, 0.05) is 43.0 Å². The highest BCUT2D eigenvalue weighted by Gasteiger charge is 2.24. The SMILES string of the molecule is CN=C(NCCc1ccccc1OC)NCC(c1ccc(C)s1)N1CCOCC1.I. The minimum atomic E-state index is 0. The van der Waals surface area contributed by atoms with Crippen molar-refractivity contribution in [2.45, 2.75) is 19.4 Å². The topological polar surface area (TPSA) is 58.1 Å². The summed E-state index contributed by atoms with van der Waals surface area (Å²) in [4.78, 5) is 9.64. The van der Waals surface area contributed by atoms with Crippen LogP contribution in [0.5, 0.6) is 5.75 Å². The minimum Gasteiger partial charge on any atom is -0.496 e. The third kappa shape index (κ3) is 7.11. The van der Waals surface area contributed by atoms with E-state index < -0.39 is 0 Å². The molecule has 0 saturated carbocycles. The lowest BCUT2D eigenvalue weighted by molar-refractivity contribution is 0.0177. The summed E-state index contributed by atoms with van der Waals surface area (Å²) in [5, 5.41) is 6.95. The van der Waals surface area contributed by atoms with E-state index in [1.165, 1.54) is 15.3 Å². The number of guanidine groups is 1. The summed E-state index contributed by atoms with van der Waals surface area (Å²) in [6, 6.07) is 12.9. The van der Waals surface area contributed by atoms with E-state index in [0.29, 0.717) is 6.04 Å². The molecule has 1 fully saturated rings. The zero-order valence-corrected chi connectivity index (χ0v) is 21.2. The molecule has 1 saturated heterocycles. The van der Waals surface area contributed by atoms with E-state index in [-0.39, 0.29) is 24.0 Å². The maximum absolute atomic E-state index is 5.55. The number of para-hydroxylation sites is 1. The lowest BCUT2D eigenvalue weighted by Gasteiger charge is -2.34. The molecule has 0 aliphatic carbocycles. The quantitative estimate of drug-likeness (QED) is 0.303. The number of nitrogens with zero attached hydrogens (tertiary/aromatic N) is 2. The molecule has 2 aromatic rings. The first-order valence-electron chi connectivity index (χ1n) is 10.2. The fraction of sp³-hybridized carbons (Fsp3) is 0.500. The molecule has 1 aromatic carbocycles. The predicted molar refractivity (Wildman–Crippen MR) is 136 cm³/mol. The molecule has 1 atom stereocenters. The summed E-state index contributed by atoms with van der Waals surface area (Å²) in [6.45, 7) is 7.29. The van der Waals surface area contributed by atoms with Crippen molar-refractivity contribution >= 4 is 41.3 Å². The number of hydrogen-bond acceptors (Lipinski definition) is 5. The molecule has 0 spiro atoms. The van der Waals surface area contributed by atoms with Gasteiger partial charge in [0.2, 0.25) is 0 Å². The predicted octanol–water partition coefficient (Wildman–Crippen LogP) is 3.46. The average molecular weight is 545 g/mol. The van der Waals surface area contributed by atoms with Crippen LogP contribution in [0.2, 0.25) is 0 Å². The minimum absolute atomic E-state index is 0. The number of aryl methyl sites for hydroxylation is 1. The second-order valence-electron chi connectivity index (χ2n) is 7.05. The average Bonchev–Trinajstić information content (AvgIpc) is 3.19. The van der Waals surface area contributed by atoms with Crippen molar-refractivity contribution in [1.82, 2.24) is 15.5 Å². The van der Waals surface area contributed by atoms with Crippen LogP contribution in [0.25, 0.3) is 0 Å². The van der Waals surface area contributed by atoms with Gasteiger partial charge in [-0.2, -0.15) is 0 Å². The summed E-state index contributed by atoms with van der Waals surface area (Å²) < 4.78 is 11.0. The zero-order chi connectivity index (χ0) is 20.5. The Morgan fingerprint density at radius 3 is 2.63 bits per heavy atom. The Kier molecular flexibility index (Phi) is 10.9. The first-order valence-corrected chi connectivity index (χ1v) is 11.0. The molecule has 1 aromatic heterocycles. The Balaban J connectivity index is 0.00000320. The van der Waals surface area contributed by atoms with Gasteiger partial charge >= 0.3 is 0 Å². The molecule has 3 rings (SSSR count). The lowest BCUT2D eigenvalue weighted by atomic mass is 10.1. The zero-order valence-electron chi connectivity index (χ0n) is 18.0. The van der Waals surface area contributed by atoms with Gasteiger partial charge in [-0.15, -0.1) is 35.3 Å². The van der Waals surface area contributed by atoms with E-state index in [4.69, 9.17) is 9.47 Å². The second kappa shape index (κ2) is 13.1. The Labute approximate surface area is 201 Å². The fourth-order valence-electron chi connectivity index (χ4n) is 3.57. The number of halogens is 1. The van der Waals surface area contributed by atoms with Gasteiger partial charge in [0.1, 0.15) is 5.75 Å². The standard InChI is InChI=1S/C22H32N4O2S.HI/c1-17-8-9-21(29-17)19(26-12-14-28-15-13-26)16-25-22(23-2)24-11-10-18-6-4-5-7-20(18)27-3;/h4-9,19H,10-16H2,1-3H3,(H2,23,24,25);1H. The molecule has 1 aliphatic heterocycles. The van der Waals surface area contributed by atoms with Gasteiger partial charge in [0.05, 0.1) is 26.4 Å². The fourth-order valence-corrected chi connectivity index (χ4v) is 4.58. The van der Waals surface area contributed by atoms with Crippen LogP contribution in [0.3, 0.4) is 0 Å². The van der Waals surface area contributed by atoms with Crippen LogP contribution < -0.4 is 15.4 Å². The number of ether oxygens (including phenoxy) is 2. The molecular formula is C22H33IN4O2S. The van der Waals surface area contributed by atoms with Crippen molar-refractivity contribution in [2.75, 3.05) is 53.6 Å². The second-order valence-corrected chi connectivity index (χ2v) is 8.37. The lowest BCUT2D eigenvalue weighted by Crippen LogP contribution is -2.46. The van der Waals surface area contributed by atoms with Gasteiger partial charge < -0.3 is 20.1 Å². The number of nitrogens with one attached hydrogen (secondary N) is 2. The number of aliphatic imine (C=N–C) groups is 1. The van der Waals surface area contributed by atoms with Crippen molar-refractivity contribution < 1.29 is 9.47 Å². The monoisotopic (exact) mass is 544 g/mol. The Morgan fingerprint density at radius 2 is 1.97 bits per heavy atom. The van der Waals surface area contributed by atoms with Crippen molar-refractivity contribution in [3.8, 4) is 5.75 Å². The number of methoxy groups -OCH3 is 1. The summed E-state index contributed by atoms with van der Waals surface area (Å²) in [5.74, 6) is 1.75. The summed E-state index contributed by atoms with van der Waals surface area (Å²) in [7, 11) is 3.53. The van der Waals surface area contributed by atoms with E-state index in [9.17, 15) is 0 Å². The largest absolute Gasteiger partial charge is 0.496 e. The van der Waals surface area contributed by atoms with E-state index in [1.54, 1.807) is 7.11 Å². The molecule has 2 heterocycles. The molecule has 30 heavy (non-hydrogen) atoms. The summed E-state index contributed by atoms with van der Waals surface area (Å²) in [6.07, 6.45) is 0.877. The molecule has 0 radical (unpaired) electrons. The number of morpholine rings is 1. The van der Waals surface area contributed by atoms with Crippen LogP contribution in [0.15, 0.2) is 41.4 Å². The number of benzene rings is 1. The van der Waals surface area contributed by atoms with Gasteiger partial charge in [-0.05, 0) is 37.1 Å². The summed E-state index contributed by atoms with van der Waals surface area (Å²) in [5.41, 5.74) is 1.19. The van der Waals surface area contributed by atoms with Gasteiger partial charge in [0.15, 0.2) is 5.96 Å². The third-order valence-electron chi connectivity index (χ3n) is 5.14. The first kappa shape index (κ1) is 24.9. The molecule has 8 heteroatoms. The smallest absolute Gasteiger partial charge is 0.191 e. The maximum atomic E-state index is 5.55. The Bertz CT molecular complexity index is 793. The van der Waals surface area contributed by atoms with Crippen LogP contribution in [-0.4, -0.2) is 64.4 Å². The van der Waals surface area contributed by atoms with E-state index in [1.807, 2.05) is 36.6 Å². The van der Waals surface area contributed by atoms with Crippen molar-refractivity contribution in [2.24, 2.45) is 4.99 Å². The molecule has 166 valence electrons. The Hall–Kier alpha value is -1.36. The van der Waals surface area contributed by atoms with Crippen molar-refractivity contribution in [3.63, 3.8) is 0 Å². The van der Waals surface area contributed by atoms with Crippen LogP contribution >= 0.6 is 35.3 Å².